The quantitative estimate of drug-likeness (QED) is 0.414. The van der Waals surface area contributed by atoms with Gasteiger partial charge in [-0.25, -0.2) is 0 Å². The summed E-state index contributed by atoms with van der Waals surface area (Å²) in [5.41, 5.74) is 1.03. The molecule has 0 aliphatic carbocycles. The molecule has 0 saturated carbocycles. The van der Waals surface area contributed by atoms with Crippen molar-refractivity contribution in [1.29, 1.82) is 0 Å². The van der Waals surface area contributed by atoms with Crippen molar-refractivity contribution < 1.29 is 23.9 Å². The average Bonchev–Trinajstić information content (AvgIpc) is 2.74. The van der Waals surface area contributed by atoms with Crippen LogP contribution in [0.25, 0.3) is 0 Å². The number of ether oxygens (including phenoxy) is 3. The summed E-state index contributed by atoms with van der Waals surface area (Å²) in [6, 6.07) is 9.16. The number of hydrogen-bond acceptors (Lipinski definition) is 6. The number of amides is 1. The number of rotatable bonds is 10. The van der Waals surface area contributed by atoms with Crippen molar-refractivity contribution >= 4 is 11.6 Å². The molecule has 1 amide bonds. The molecule has 1 atom stereocenters. The van der Waals surface area contributed by atoms with E-state index in [1.54, 1.807) is 31.3 Å². The van der Waals surface area contributed by atoms with Crippen molar-refractivity contribution in [2.24, 2.45) is 0 Å². The first kappa shape index (κ1) is 23.0. The Kier molecular flexibility index (Phi) is 8.03. The number of hydrogen-bond donors (Lipinski definition) is 0. The molecule has 0 aliphatic rings. The minimum atomic E-state index is -0.451. The summed E-state index contributed by atoms with van der Waals surface area (Å²) in [5, 5.41) is 11.1. The van der Waals surface area contributed by atoms with Gasteiger partial charge in [-0.2, -0.15) is 0 Å². The fraction of sp³-hybridized carbons (Fsp3) is 0.409. The molecule has 0 saturated heterocycles. The Hall–Kier alpha value is -3.29. The van der Waals surface area contributed by atoms with Crippen molar-refractivity contribution in [3.8, 4) is 17.2 Å². The van der Waals surface area contributed by atoms with E-state index in [1.807, 2.05) is 27.7 Å². The number of non-ortho nitro benzene ring substituents is 1. The molecule has 0 heterocycles. The molecular formula is C22H28N2O6. The Morgan fingerprint density at radius 2 is 1.60 bits per heavy atom. The van der Waals surface area contributed by atoms with Crippen LogP contribution in [0.15, 0.2) is 36.4 Å². The third-order valence-electron chi connectivity index (χ3n) is 4.62. The van der Waals surface area contributed by atoms with E-state index in [4.69, 9.17) is 14.2 Å². The standard InChI is InChI=1S/C22H28N2O6/c1-6-28-19-13-17(14-20(29-7-2)21(19)30-8-3)22(25)23(5)15(4)16-10-9-11-18(12-16)24(26)27/h9-15H,6-8H2,1-5H3. The van der Waals surface area contributed by atoms with Crippen molar-refractivity contribution in [1.82, 2.24) is 4.90 Å². The lowest BCUT2D eigenvalue weighted by molar-refractivity contribution is -0.384. The second-order valence-electron chi connectivity index (χ2n) is 6.54. The van der Waals surface area contributed by atoms with Crippen LogP contribution in [-0.2, 0) is 0 Å². The lowest BCUT2D eigenvalue weighted by atomic mass is 10.0. The molecule has 2 aromatic carbocycles. The van der Waals surface area contributed by atoms with E-state index in [1.165, 1.54) is 17.0 Å². The third-order valence-corrected chi connectivity index (χ3v) is 4.62. The molecule has 2 aromatic rings. The topological polar surface area (TPSA) is 91.1 Å². The maximum absolute atomic E-state index is 13.2. The number of carbonyl (C=O) groups excluding carboxylic acids is 1. The molecule has 8 nitrogen and oxygen atoms in total. The van der Waals surface area contributed by atoms with Crippen LogP contribution in [0.3, 0.4) is 0 Å². The minimum absolute atomic E-state index is 0.0152. The first-order chi connectivity index (χ1) is 14.3. The highest BCUT2D eigenvalue weighted by atomic mass is 16.6. The van der Waals surface area contributed by atoms with Gasteiger partial charge in [-0.15, -0.1) is 0 Å². The summed E-state index contributed by atoms with van der Waals surface area (Å²) in [6.07, 6.45) is 0. The van der Waals surface area contributed by atoms with Gasteiger partial charge in [0.2, 0.25) is 5.75 Å². The SMILES string of the molecule is CCOc1cc(C(=O)N(C)C(C)c2cccc([N+](=O)[O-])c2)cc(OCC)c1OCC. The lowest BCUT2D eigenvalue weighted by Gasteiger charge is -2.26. The number of nitrogens with zero attached hydrogens (tertiary/aromatic N) is 2. The van der Waals surface area contributed by atoms with Crippen LogP contribution in [-0.4, -0.2) is 42.6 Å². The largest absolute Gasteiger partial charge is 0.490 e. The normalized spacial score (nSPS) is 11.5. The minimum Gasteiger partial charge on any atom is -0.490 e. The zero-order valence-electron chi connectivity index (χ0n) is 18.0. The van der Waals surface area contributed by atoms with Gasteiger partial charge in [0.25, 0.3) is 11.6 Å². The molecule has 30 heavy (non-hydrogen) atoms. The predicted octanol–water partition coefficient (Wildman–Crippen LogP) is 4.62. The highest BCUT2D eigenvalue weighted by Crippen LogP contribution is 2.39. The van der Waals surface area contributed by atoms with Gasteiger partial charge in [0.15, 0.2) is 11.5 Å². The number of nitro groups is 1. The van der Waals surface area contributed by atoms with Crippen LogP contribution >= 0.6 is 0 Å². The summed E-state index contributed by atoms with van der Waals surface area (Å²) in [4.78, 5) is 25.3. The van der Waals surface area contributed by atoms with E-state index in [0.717, 1.165) is 0 Å². The zero-order valence-corrected chi connectivity index (χ0v) is 18.0. The van der Waals surface area contributed by atoms with Crippen LogP contribution in [0.4, 0.5) is 5.69 Å². The van der Waals surface area contributed by atoms with E-state index >= 15 is 0 Å². The molecule has 0 spiro atoms. The fourth-order valence-corrected chi connectivity index (χ4v) is 3.01. The van der Waals surface area contributed by atoms with E-state index in [0.29, 0.717) is 48.2 Å². The van der Waals surface area contributed by atoms with Gasteiger partial charge < -0.3 is 19.1 Å². The van der Waals surface area contributed by atoms with E-state index in [-0.39, 0.29) is 17.6 Å². The number of carbonyl (C=O) groups is 1. The Balaban J connectivity index is 2.40. The number of benzene rings is 2. The molecule has 162 valence electrons. The molecule has 0 bridgehead atoms. The van der Waals surface area contributed by atoms with E-state index in [9.17, 15) is 14.9 Å². The van der Waals surface area contributed by atoms with Gasteiger partial charge in [-0.05, 0) is 45.4 Å². The Morgan fingerprint density at radius 3 is 2.10 bits per heavy atom. The van der Waals surface area contributed by atoms with Gasteiger partial charge in [-0.1, -0.05) is 12.1 Å². The van der Waals surface area contributed by atoms with Crippen molar-refractivity contribution in [3.05, 3.63) is 57.6 Å². The monoisotopic (exact) mass is 416 g/mol. The number of nitro benzene ring substituents is 1. The van der Waals surface area contributed by atoms with Crippen LogP contribution in [0.5, 0.6) is 17.2 Å². The lowest BCUT2D eigenvalue weighted by Crippen LogP contribution is -2.29. The maximum atomic E-state index is 13.2. The smallest absolute Gasteiger partial charge is 0.269 e. The molecule has 0 radical (unpaired) electrons. The predicted molar refractivity (Wildman–Crippen MR) is 114 cm³/mol. The van der Waals surface area contributed by atoms with Gasteiger partial charge in [-0.3, -0.25) is 14.9 Å². The van der Waals surface area contributed by atoms with Crippen LogP contribution < -0.4 is 14.2 Å². The van der Waals surface area contributed by atoms with E-state index in [2.05, 4.69) is 0 Å². The van der Waals surface area contributed by atoms with Gasteiger partial charge >= 0.3 is 0 Å². The van der Waals surface area contributed by atoms with Crippen molar-refractivity contribution in [2.45, 2.75) is 33.7 Å². The van der Waals surface area contributed by atoms with Gasteiger partial charge in [0.1, 0.15) is 0 Å². The van der Waals surface area contributed by atoms with Crippen molar-refractivity contribution in [3.63, 3.8) is 0 Å². The molecule has 8 heteroatoms. The Labute approximate surface area is 176 Å². The molecule has 0 aliphatic heterocycles. The summed E-state index contributed by atoms with van der Waals surface area (Å²) in [6.45, 7) is 8.61. The highest BCUT2D eigenvalue weighted by Gasteiger charge is 2.24. The van der Waals surface area contributed by atoms with Crippen LogP contribution in [0.2, 0.25) is 0 Å². The van der Waals surface area contributed by atoms with Crippen LogP contribution in [0, 0.1) is 10.1 Å². The second kappa shape index (κ2) is 10.5. The average molecular weight is 416 g/mol. The zero-order chi connectivity index (χ0) is 22.3. The summed E-state index contributed by atoms with van der Waals surface area (Å²) >= 11 is 0. The molecule has 0 aromatic heterocycles. The molecule has 1 unspecified atom stereocenters. The molecule has 2 rings (SSSR count). The van der Waals surface area contributed by atoms with Crippen molar-refractivity contribution in [2.75, 3.05) is 26.9 Å². The Bertz CT molecular complexity index is 872. The molecular weight excluding hydrogens is 388 g/mol. The summed E-state index contributed by atoms with van der Waals surface area (Å²) < 4.78 is 17.0. The van der Waals surface area contributed by atoms with E-state index < -0.39 is 4.92 Å². The second-order valence-corrected chi connectivity index (χ2v) is 6.54. The first-order valence-electron chi connectivity index (χ1n) is 9.91. The first-order valence-corrected chi connectivity index (χ1v) is 9.91. The third kappa shape index (κ3) is 5.20. The highest BCUT2D eigenvalue weighted by molar-refractivity contribution is 5.95. The Morgan fingerprint density at radius 1 is 1.03 bits per heavy atom. The molecule has 0 N–H and O–H groups in total. The van der Waals surface area contributed by atoms with Crippen LogP contribution in [0.1, 0.15) is 49.7 Å². The fourth-order valence-electron chi connectivity index (χ4n) is 3.01. The maximum Gasteiger partial charge on any atom is 0.269 e. The van der Waals surface area contributed by atoms with Gasteiger partial charge in [0.05, 0.1) is 30.8 Å². The summed E-state index contributed by atoms with van der Waals surface area (Å²) in [7, 11) is 1.66. The van der Waals surface area contributed by atoms with Gasteiger partial charge in [0, 0.05) is 24.7 Å². The summed E-state index contributed by atoms with van der Waals surface area (Å²) in [5.74, 6) is 1.07. The molecule has 0 fully saturated rings.